The Balaban J connectivity index is 2.10. The number of carbonyl (C=O) groups excluding carboxylic acids is 2. The second-order valence-electron chi connectivity index (χ2n) is 5.12. The summed E-state index contributed by atoms with van der Waals surface area (Å²) in [5.74, 6) is -0.503. The van der Waals surface area contributed by atoms with Crippen LogP contribution >= 0.6 is 0 Å². The van der Waals surface area contributed by atoms with E-state index in [1.54, 1.807) is 30.8 Å². The van der Waals surface area contributed by atoms with Gasteiger partial charge in [-0.2, -0.15) is 5.10 Å². The van der Waals surface area contributed by atoms with Crippen molar-refractivity contribution in [1.82, 2.24) is 9.78 Å². The van der Waals surface area contributed by atoms with Crippen LogP contribution in [0, 0.1) is 0 Å². The topological polar surface area (TPSA) is 82.4 Å². The molecule has 1 heterocycles. The van der Waals surface area contributed by atoms with E-state index in [4.69, 9.17) is 9.47 Å². The third kappa shape index (κ3) is 5.80. The first kappa shape index (κ1) is 18.3. The molecule has 25 heavy (non-hydrogen) atoms. The number of nitrogens with one attached hydrogen (secondary N) is 1. The summed E-state index contributed by atoms with van der Waals surface area (Å²) in [6, 6.07) is 11.6. The maximum Gasteiger partial charge on any atom is 0.313 e. The second kappa shape index (κ2) is 9.27. The average Bonchev–Trinajstić information content (AvgIpc) is 3.07. The van der Waals surface area contributed by atoms with Crippen LogP contribution in [0.3, 0.4) is 0 Å². The van der Waals surface area contributed by atoms with Crippen LogP contribution in [0.5, 0.6) is 0 Å². The Morgan fingerprint density at radius 2 is 1.72 bits per heavy atom. The molecule has 0 spiro atoms. The number of ether oxygens (including phenoxy) is 2. The highest BCUT2D eigenvalue weighted by Crippen LogP contribution is 2.12. The van der Waals surface area contributed by atoms with Gasteiger partial charge in [0.15, 0.2) is 0 Å². The number of anilines is 1. The average molecular weight is 343 g/mol. The number of rotatable bonds is 8. The summed E-state index contributed by atoms with van der Waals surface area (Å²) in [6.45, 7) is 3.89. The zero-order chi connectivity index (χ0) is 18.1. The first-order chi connectivity index (χ1) is 12.1. The summed E-state index contributed by atoms with van der Waals surface area (Å²) in [5, 5.41) is 7.21. The third-order valence-electron chi connectivity index (χ3n) is 3.24. The lowest BCUT2D eigenvalue weighted by atomic mass is 10.2. The number of hydrogen-bond donors (Lipinski definition) is 1. The standard InChI is InChI=1S/C18H21N3O4/c1-3-16(22)24-18(25-17(23)4-2)12-19-15-10-11-20-21(15)13-14-8-6-5-7-9-14/h5-12,19H,3-4,13H2,1-2H3. The molecule has 0 amide bonds. The lowest BCUT2D eigenvalue weighted by Crippen LogP contribution is -2.12. The zero-order valence-corrected chi connectivity index (χ0v) is 14.3. The minimum absolute atomic E-state index is 0.174. The Hall–Kier alpha value is -3.09. The Labute approximate surface area is 146 Å². The Morgan fingerprint density at radius 3 is 2.32 bits per heavy atom. The van der Waals surface area contributed by atoms with Gasteiger partial charge in [0, 0.05) is 18.9 Å². The maximum atomic E-state index is 11.5. The number of aromatic nitrogens is 2. The van der Waals surface area contributed by atoms with Crippen molar-refractivity contribution < 1.29 is 19.1 Å². The van der Waals surface area contributed by atoms with E-state index in [-0.39, 0.29) is 18.8 Å². The summed E-state index contributed by atoms with van der Waals surface area (Å²) >= 11 is 0. The van der Waals surface area contributed by atoms with E-state index in [2.05, 4.69) is 10.4 Å². The van der Waals surface area contributed by atoms with Crippen LogP contribution in [0.25, 0.3) is 0 Å². The van der Waals surface area contributed by atoms with E-state index in [1.807, 2.05) is 30.3 Å². The van der Waals surface area contributed by atoms with Crippen LogP contribution in [0.1, 0.15) is 32.3 Å². The zero-order valence-electron chi connectivity index (χ0n) is 14.3. The quantitative estimate of drug-likeness (QED) is 0.586. The Morgan fingerprint density at radius 1 is 1.08 bits per heavy atom. The molecule has 0 fully saturated rings. The molecule has 7 nitrogen and oxygen atoms in total. The van der Waals surface area contributed by atoms with Gasteiger partial charge in [0.2, 0.25) is 0 Å². The lowest BCUT2D eigenvalue weighted by Gasteiger charge is -2.10. The number of hydrogen-bond acceptors (Lipinski definition) is 6. The van der Waals surface area contributed by atoms with E-state index in [9.17, 15) is 9.59 Å². The largest absolute Gasteiger partial charge is 0.391 e. The molecule has 1 N–H and O–H groups in total. The van der Waals surface area contributed by atoms with Crippen molar-refractivity contribution in [1.29, 1.82) is 0 Å². The number of carbonyl (C=O) groups is 2. The molecule has 0 saturated carbocycles. The van der Waals surface area contributed by atoms with Gasteiger partial charge in [-0.05, 0) is 5.56 Å². The van der Waals surface area contributed by atoms with Gasteiger partial charge < -0.3 is 14.8 Å². The molecule has 0 radical (unpaired) electrons. The van der Waals surface area contributed by atoms with Crippen molar-refractivity contribution in [2.75, 3.05) is 5.32 Å². The Kier molecular flexibility index (Phi) is 6.76. The fourth-order valence-corrected chi connectivity index (χ4v) is 1.92. The molecule has 0 aliphatic rings. The van der Waals surface area contributed by atoms with Gasteiger partial charge in [-0.1, -0.05) is 44.2 Å². The molecule has 0 bridgehead atoms. The molecule has 132 valence electrons. The van der Waals surface area contributed by atoms with Crippen LogP contribution in [0.4, 0.5) is 5.82 Å². The van der Waals surface area contributed by atoms with Crippen molar-refractivity contribution in [3.8, 4) is 0 Å². The summed E-state index contributed by atoms with van der Waals surface area (Å²) in [7, 11) is 0. The monoisotopic (exact) mass is 343 g/mol. The van der Waals surface area contributed by atoms with Gasteiger partial charge in [0.1, 0.15) is 5.82 Å². The smallest absolute Gasteiger partial charge is 0.313 e. The van der Waals surface area contributed by atoms with E-state index in [1.165, 1.54) is 6.20 Å². The van der Waals surface area contributed by atoms with Gasteiger partial charge in [-0.15, -0.1) is 0 Å². The second-order valence-corrected chi connectivity index (χ2v) is 5.12. The first-order valence-electron chi connectivity index (χ1n) is 8.06. The molecule has 0 aliphatic heterocycles. The minimum atomic E-state index is -0.491. The molecule has 0 saturated heterocycles. The van der Waals surface area contributed by atoms with E-state index in [0.717, 1.165) is 5.56 Å². The molecule has 1 aromatic carbocycles. The number of esters is 2. The molecule has 2 rings (SSSR count). The molecule has 7 heteroatoms. The predicted molar refractivity (Wildman–Crippen MR) is 92.2 cm³/mol. The molecule has 0 unspecified atom stereocenters. The SMILES string of the molecule is CCC(=O)OC(=CNc1ccnn1Cc1ccccc1)OC(=O)CC. The lowest BCUT2D eigenvalue weighted by molar-refractivity contribution is -0.153. The summed E-state index contributed by atoms with van der Waals surface area (Å²) < 4.78 is 11.8. The van der Waals surface area contributed by atoms with Crippen molar-refractivity contribution in [2.45, 2.75) is 33.2 Å². The van der Waals surface area contributed by atoms with Gasteiger partial charge in [-0.3, -0.25) is 9.59 Å². The molecule has 1 aromatic heterocycles. The van der Waals surface area contributed by atoms with Crippen LogP contribution in [-0.4, -0.2) is 21.7 Å². The fraction of sp³-hybridized carbons (Fsp3) is 0.278. The van der Waals surface area contributed by atoms with Gasteiger partial charge >= 0.3 is 17.9 Å². The van der Waals surface area contributed by atoms with Crippen LogP contribution in [0.2, 0.25) is 0 Å². The molecule has 0 atom stereocenters. The highest BCUT2D eigenvalue weighted by molar-refractivity contribution is 5.72. The van der Waals surface area contributed by atoms with Gasteiger partial charge in [-0.25, -0.2) is 4.68 Å². The Bertz CT molecular complexity index is 718. The van der Waals surface area contributed by atoms with Crippen molar-refractivity contribution >= 4 is 17.8 Å². The number of nitrogens with zero attached hydrogens (tertiary/aromatic N) is 2. The van der Waals surface area contributed by atoms with E-state index >= 15 is 0 Å². The molecule has 0 aliphatic carbocycles. The van der Waals surface area contributed by atoms with Crippen LogP contribution < -0.4 is 5.32 Å². The summed E-state index contributed by atoms with van der Waals surface area (Å²) in [5.41, 5.74) is 1.09. The van der Waals surface area contributed by atoms with Crippen molar-refractivity contribution in [2.24, 2.45) is 0 Å². The van der Waals surface area contributed by atoms with Crippen LogP contribution in [-0.2, 0) is 25.6 Å². The minimum Gasteiger partial charge on any atom is -0.391 e. The van der Waals surface area contributed by atoms with E-state index in [0.29, 0.717) is 12.4 Å². The maximum absolute atomic E-state index is 11.5. The number of benzene rings is 1. The molecular formula is C18H21N3O4. The van der Waals surface area contributed by atoms with Crippen molar-refractivity contribution in [3.63, 3.8) is 0 Å². The molecule has 2 aromatic rings. The van der Waals surface area contributed by atoms with Crippen molar-refractivity contribution in [3.05, 3.63) is 60.3 Å². The van der Waals surface area contributed by atoms with E-state index < -0.39 is 11.9 Å². The highest BCUT2D eigenvalue weighted by atomic mass is 16.7. The molecular weight excluding hydrogens is 322 g/mol. The van der Waals surface area contributed by atoms with Crippen LogP contribution in [0.15, 0.2) is 54.7 Å². The predicted octanol–water partition coefficient (Wildman–Crippen LogP) is 3.05. The fourth-order valence-electron chi connectivity index (χ4n) is 1.92. The van der Waals surface area contributed by atoms with Gasteiger partial charge in [0.05, 0.1) is 18.9 Å². The first-order valence-corrected chi connectivity index (χ1v) is 8.06. The normalized spacial score (nSPS) is 10.0. The summed E-state index contributed by atoms with van der Waals surface area (Å²) in [6.07, 6.45) is 3.33. The highest BCUT2D eigenvalue weighted by Gasteiger charge is 2.11. The third-order valence-corrected chi connectivity index (χ3v) is 3.24. The van der Waals surface area contributed by atoms with Gasteiger partial charge in [0.25, 0.3) is 0 Å². The summed E-state index contributed by atoms with van der Waals surface area (Å²) in [4.78, 5) is 22.9.